The summed E-state index contributed by atoms with van der Waals surface area (Å²) in [6, 6.07) is 13.0. The summed E-state index contributed by atoms with van der Waals surface area (Å²) in [5.74, 6) is 0.468. The SMILES string of the molecule is CCN(CC)c1ccc(C(=O)Nc2cccc3cccnc23)nn1. The highest BCUT2D eigenvalue weighted by atomic mass is 16.1. The summed E-state index contributed by atoms with van der Waals surface area (Å²) in [5, 5.41) is 12.0. The Labute approximate surface area is 140 Å². The highest BCUT2D eigenvalue weighted by Gasteiger charge is 2.12. The number of fused-ring (bicyclic) bond motifs is 1. The number of nitrogens with one attached hydrogen (secondary N) is 1. The molecule has 0 aliphatic heterocycles. The lowest BCUT2D eigenvalue weighted by Crippen LogP contribution is -2.24. The first-order valence-corrected chi connectivity index (χ1v) is 7.96. The van der Waals surface area contributed by atoms with Gasteiger partial charge in [0.2, 0.25) is 0 Å². The van der Waals surface area contributed by atoms with Crippen molar-refractivity contribution >= 4 is 28.3 Å². The van der Waals surface area contributed by atoms with Crippen LogP contribution in [-0.4, -0.2) is 34.2 Å². The molecule has 0 aliphatic rings. The van der Waals surface area contributed by atoms with Gasteiger partial charge in [-0.25, -0.2) is 0 Å². The first-order chi connectivity index (χ1) is 11.7. The lowest BCUT2D eigenvalue weighted by molar-refractivity contribution is 0.102. The molecule has 0 bridgehead atoms. The Bertz CT molecular complexity index is 838. The van der Waals surface area contributed by atoms with Crippen LogP contribution in [0.25, 0.3) is 10.9 Å². The molecule has 6 heteroatoms. The maximum Gasteiger partial charge on any atom is 0.276 e. The largest absolute Gasteiger partial charge is 0.356 e. The van der Waals surface area contributed by atoms with Gasteiger partial charge in [-0.2, -0.15) is 0 Å². The van der Waals surface area contributed by atoms with Crippen LogP contribution < -0.4 is 10.2 Å². The van der Waals surface area contributed by atoms with E-state index in [-0.39, 0.29) is 11.6 Å². The third-order valence-corrected chi connectivity index (χ3v) is 3.85. The molecule has 1 N–H and O–H groups in total. The van der Waals surface area contributed by atoms with E-state index in [0.717, 1.165) is 29.8 Å². The predicted octanol–water partition coefficient (Wildman–Crippen LogP) is 3.12. The molecule has 0 fully saturated rings. The molecule has 2 heterocycles. The van der Waals surface area contributed by atoms with E-state index in [1.807, 2.05) is 36.4 Å². The van der Waals surface area contributed by atoms with Crippen molar-refractivity contribution in [1.82, 2.24) is 15.2 Å². The first kappa shape index (κ1) is 15.9. The van der Waals surface area contributed by atoms with Gasteiger partial charge in [-0.15, -0.1) is 10.2 Å². The average molecular weight is 321 g/mol. The van der Waals surface area contributed by atoms with E-state index in [1.165, 1.54) is 0 Å². The number of para-hydroxylation sites is 1. The number of rotatable bonds is 5. The maximum atomic E-state index is 12.4. The summed E-state index contributed by atoms with van der Waals surface area (Å²) in [6.45, 7) is 5.80. The van der Waals surface area contributed by atoms with Gasteiger partial charge in [0.15, 0.2) is 11.5 Å². The molecule has 6 nitrogen and oxygen atoms in total. The van der Waals surface area contributed by atoms with Crippen LogP contribution in [0, 0.1) is 0 Å². The van der Waals surface area contributed by atoms with Gasteiger partial charge in [-0.1, -0.05) is 18.2 Å². The van der Waals surface area contributed by atoms with E-state index in [1.54, 1.807) is 12.3 Å². The summed E-state index contributed by atoms with van der Waals surface area (Å²) in [7, 11) is 0. The molecule has 0 saturated carbocycles. The van der Waals surface area contributed by atoms with Crippen molar-refractivity contribution in [2.24, 2.45) is 0 Å². The minimum Gasteiger partial charge on any atom is -0.356 e. The number of carbonyl (C=O) groups is 1. The number of carbonyl (C=O) groups excluding carboxylic acids is 1. The predicted molar refractivity (Wildman–Crippen MR) is 95.3 cm³/mol. The summed E-state index contributed by atoms with van der Waals surface area (Å²) < 4.78 is 0. The van der Waals surface area contributed by atoms with Gasteiger partial charge in [-0.05, 0) is 38.1 Å². The summed E-state index contributed by atoms with van der Waals surface area (Å²) in [5.41, 5.74) is 1.69. The van der Waals surface area contributed by atoms with Crippen molar-refractivity contribution in [2.45, 2.75) is 13.8 Å². The van der Waals surface area contributed by atoms with E-state index >= 15 is 0 Å². The summed E-state index contributed by atoms with van der Waals surface area (Å²) in [6.07, 6.45) is 1.71. The van der Waals surface area contributed by atoms with E-state index in [2.05, 4.69) is 39.2 Å². The molecule has 0 spiro atoms. The molecule has 3 aromatic rings. The third-order valence-electron chi connectivity index (χ3n) is 3.85. The first-order valence-electron chi connectivity index (χ1n) is 7.96. The Hall–Kier alpha value is -3.02. The second-order valence-electron chi connectivity index (χ2n) is 5.28. The third kappa shape index (κ3) is 3.17. The molecular weight excluding hydrogens is 302 g/mol. The van der Waals surface area contributed by atoms with Crippen LogP contribution in [0.5, 0.6) is 0 Å². The fourth-order valence-electron chi connectivity index (χ4n) is 2.55. The highest BCUT2D eigenvalue weighted by Crippen LogP contribution is 2.21. The quantitative estimate of drug-likeness (QED) is 0.782. The van der Waals surface area contributed by atoms with Crippen LogP contribution in [0.3, 0.4) is 0 Å². The van der Waals surface area contributed by atoms with E-state index in [4.69, 9.17) is 0 Å². The minimum absolute atomic E-state index is 0.277. The van der Waals surface area contributed by atoms with Crippen LogP contribution in [0.1, 0.15) is 24.3 Å². The van der Waals surface area contributed by atoms with Gasteiger partial charge in [-0.3, -0.25) is 9.78 Å². The molecule has 0 atom stereocenters. The van der Waals surface area contributed by atoms with Gasteiger partial charge in [0.1, 0.15) is 0 Å². The molecule has 122 valence electrons. The second-order valence-corrected chi connectivity index (χ2v) is 5.28. The van der Waals surface area contributed by atoms with Crippen molar-refractivity contribution < 1.29 is 4.79 Å². The zero-order chi connectivity index (χ0) is 16.9. The zero-order valence-electron chi connectivity index (χ0n) is 13.7. The van der Waals surface area contributed by atoms with Gasteiger partial charge in [0, 0.05) is 24.7 Å². The van der Waals surface area contributed by atoms with Crippen LogP contribution in [0.15, 0.2) is 48.7 Å². The van der Waals surface area contributed by atoms with E-state index in [0.29, 0.717) is 5.69 Å². The molecule has 2 aromatic heterocycles. The standard InChI is InChI=1S/C18H19N5O/c1-3-23(4-2)16-11-10-15(21-22-16)18(24)20-14-9-5-7-13-8-6-12-19-17(13)14/h5-12H,3-4H2,1-2H3,(H,20,24). The molecule has 24 heavy (non-hydrogen) atoms. The molecule has 1 aromatic carbocycles. The average Bonchev–Trinajstić information content (AvgIpc) is 2.63. The molecule has 0 unspecified atom stereocenters. The lowest BCUT2D eigenvalue weighted by atomic mass is 10.2. The minimum atomic E-state index is -0.299. The number of anilines is 2. The van der Waals surface area contributed by atoms with Crippen LogP contribution in [0.2, 0.25) is 0 Å². The van der Waals surface area contributed by atoms with Gasteiger partial charge in [0.05, 0.1) is 11.2 Å². The van der Waals surface area contributed by atoms with Gasteiger partial charge in [0.25, 0.3) is 5.91 Å². The Balaban J connectivity index is 1.82. The molecular formula is C18H19N5O. The van der Waals surface area contributed by atoms with Gasteiger partial charge < -0.3 is 10.2 Å². The van der Waals surface area contributed by atoms with Crippen molar-refractivity contribution in [3.63, 3.8) is 0 Å². The Morgan fingerprint density at radius 1 is 1.04 bits per heavy atom. The number of nitrogens with zero attached hydrogens (tertiary/aromatic N) is 4. The van der Waals surface area contributed by atoms with Crippen molar-refractivity contribution in [3.8, 4) is 0 Å². The van der Waals surface area contributed by atoms with Crippen LogP contribution >= 0.6 is 0 Å². The number of benzene rings is 1. The van der Waals surface area contributed by atoms with Crippen LogP contribution in [-0.2, 0) is 0 Å². The van der Waals surface area contributed by atoms with E-state index < -0.39 is 0 Å². The smallest absolute Gasteiger partial charge is 0.276 e. The van der Waals surface area contributed by atoms with Crippen molar-refractivity contribution in [3.05, 3.63) is 54.4 Å². The van der Waals surface area contributed by atoms with Crippen molar-refractivity contribution in [1.29, 1.82) is 0 Å². The molecule has 3 rings (SSSR count). The van der Waals surface area contributed by atoms with Crippen molar-refractivity contribution in [2.75, 3.05) is 23.3 Å². The lowest BCUT2D eigenvalue weighted by Gasteiger charge is -2.18. The summed E-state index contributed by atoms with van der Waals surface area (Å²) in [4.78, 5) is 18.8. The monoisotopic (exact) mass is 321 g/mol. The maximum absolute atomic E-state index is 12.4. The summed E-state index contributed by atoms with van der Waals surface area (Å²) >= 11 is 0. The number of hydrogen-bond donors (Lipinski definition) is 1. The molecule has 0 aliphatic carbocycles. The second kappa shape index (κ2) is 7.04. The van der Waals surface area contributed by atoms with Gasteiger partial charge >= 0.3 is 0 Å². The molecule has 0 radical (unpaired) electrons. The molecule has 0 saturated heterocycles. The number of pyridine rings is 1. The highest BCUT2D eigenvalue weighted by molar-refractivity contribution is 6.07. The van der Waals surface area contributed by atoms with E-state index in [9.17, 15) is 4.79 Å². The number of hydrogen-bond acceptors (Lipinski definition) is 5. The Kier molecular flexibility index (Phi) is 4.65. The zero-order valence-corrected chi connectivity index (χ0v) is 13.7. The normalized spacial score (nSPS) is 10.6. The fourth-order valence-corrected chi connectivity index (χ4v) is 2.55. The number of aromatic nitrogens is 3. The Morgan fingerprint density at radius 3 is 2.54 bits per heavy atom. The number of amides is 1. The fraction of sp³-hybridized carbons (Fsp3) is 0.222. The Morgan fingerprint density at radius 2 is 1.83 bits per heavy atom. The topological polar surface area (TPSA) is 71.0 Å². The molecule has 1 amide bonds. The van der Waals surface area contributed by atoms with Crippen LogP contribution in [0.4, 0.5) is 11.5 Å².